The molecule has 0 bridgehead atoms. The van der Waals surface area contributed by atoms with Gasteiger partial charge in [-0.3, -0.25) is 19.9 Å². The summed E-state index contributed by atoms with van der Waals surface area (Å²) in [4.78, 5) is 21.7. The number of benzene rings is 3. The van der Waals surface area contributed by atoms with Crippen LogP contribution in [0.3, 0.4) is 0 Å². The number of hydrogen-bond acceptors (Lipinski definition) is 5. The van der Waals surface area contributed by atoms with Crippen LogP contribution in [0.5, 0.6) is 0 Å². The van der Waals surface area contributed by atoms with Gasteiger partial charge in [0.2, 0.25) is 0 Å². The van der Waals surface area contributed by atoms with Gasteiger partial charge in [0, 0.05) is 51.7 Å². The molecule has 7 nitrogen and oxygen atoms in total. The molecule has 0 atom stereocenters. The molecule has 0 N–H and O–H groups in total. The fraction of sp³-hybridized carbons (Fsp3) is 0.174. The van der Waals surface area contributed by atoms with E-state index in [4.69, 9.17) is 15.0 Å². The van der Waals surface area contributed by atoms with Crippen LogP contribution in [0.1, 0.15) is 52.7 Å². The van der Waals surface area contributed by atoms with Gasteiger partial charge in [-0.15, -0.1) is 0 Å². The SMILES string of the molecule is CC(C)(C)c1ccc2c(c1)c1c3c4c(c5c6cc(C(C)(C)C)ccc6n2c15)-n1c2cnccc2c2nccc(c21)B4c1ccncc1N3c1cccnc1. The third-order valence-electron chi connectivity index (χ3n) is 12.2. The van der Waals surface area contributed by atoms with Crippen LogP contribution in [0.4, 0.5) is 17.1 Å². The van der Waals surface area contributed by atoms with E-state index in [1.165, 1.54) is 77.0 Å². The van der Waals surface area contributed by atoms with Crippen molar-refractivity contribution in [2.75, 3.05) is 4.90 Å². The standard InChI is InChI=1S/C46H36BN7/c1-45(2,3)25-9-11-33-29(20-25)37-42-38(30-21-26(46(4,5)6)10-12-34(30)53(33)42)44-39-43(37)52(27-8-7-16-48-22-27)36-24-50-18-14-31(36)47(39)32-15-19-51-40-28-13-17-49-23-35(28)54(44)41(32)40/h7-24H,1-6H3. The number of nitrogens with zero attached hydrogens (tertiary/aromatic N) is 7. The van der Waals surface area contributed by atoms with Crippen molar-refractivity contribution < 1.29 is 0 Å². The zero-order valence-electron chi connectivity index (χ0n) is 31.1. The molecule has 0 unspecified atom stereocenters. The van der Waals surface area contributed by atoms with Gasteiger partial charge in [0.1, 0.15) is 0 Å². The highest BCUT2D eigenvalue weighted by Gasteiger charge is 2.45. The monoisotopic (exact) mass is 697 g/mol. The summed E-state index contributed by atoms with van der Waals surface area (Å²) >= 11 is 0. The van der Waals surface area contributed by atoms with Crippen molar-refractivity contribution in [1.29, 1.82) is 0 Å². The second-order valence-electron chi connectivity index (χ2n) is 17.2. The Morgan fingerprint density at radius 1 is 0.574 bits per heavy atom. The zero-order valence-corrected chi connectivity index (χ0v) is 31.1. The molecule has 0 spiro atoms. The molecule has 10 aromatic rings. The average Bonchev–Trinajstić information content (AvgIpc) is 3.81. The number of anilines is 3. The summed E-state index contributed by atoms with van der Waals surface area (Å²) in [7, 11) is 0. The molecule has 9 heterocycles. The molecule has 12 rings (SSSR count). The second kappa shape index (κ2) is 9.82. The van der Waals surface area contributed by atoms with Crippen LogP contribution in [0.15, 0.2) is 110 Å². The van der Waals surface area contributed by atoms with Gasteiger partial charge in [-0.05, 0) is 92.9 Å². The number of fused-ring (bicyclic) bond motifs is 15. The molecule has 0 aliphatic carbocycles. The van der Waals surface area contributed by atoms with Crippen molar-refractivity contribution in [2.24, 2.45) is 0 Å². The fourth-order valence-corrected chi connectivity index (χ4v) is 9.80. The summed E-state index contributed by atoms with van der Waals surface area (Å²) in [6, 6.07) is 25.1. The first kappa shape index (κ1) is 30.2. The van der Waals surface area contributed by atoms with Crippen LogP contribution >= 0.6 is 0 Å². The minimum Gasteiger partial charge on any atom is -0.308 e. The molecule has 7 aromatic heterocycles. The summed E-state index contributed by atoms with van der Waals surface area (Å²) in [5.41, 5.74) is 17.7. The maximum Gasteiger partial charge on any atom is 0.252 e. The van der Waals surface area contributed by atoms with E-state index in [0.29, 0.717) is 0 Å². The number of rotatable bonds is 1. The van der Waals surface area contributed by atoms with Crippen LogP contribution < -0.4 is 21.3 Å². The normalized spacial score (nSPS) is 14.0. The molecule has 0 saturated heterocycles. The van der Waals surface area contributed by atoms with E-state index in [9.17, 15) is 0 Å². The van der Waals surface area contributed by atoms with Crippen molar-refractivity contribution in [2.45, 2.75) is 52.4 Å². The summed E-state index contributed by atoms with van der Waals surface area (Å²) < 4.78 is 5.04. The highest BCUT2D eigenvalue weighted by atomic mass is 15.2. The van der Waals surface area contributed by atoms with E-state index in [-0.39, 0.29) is 17.5 Å². The van der Waals surface area contributed by atoms with E-state index >= 15 is 0 Å². The smallest absolute Gasteiger partial charge is 0.252 e. The fourth-order valence-electron chi connectivity index (χ4n) is 9.80. The molecular formula is C46H36BN7. The van der Waals surface area contributed by atoms with Gasteiger partial charge < -0.3 is 13.9 Å². The zero-order chi connectivity index (χ0) is 36.4. The Bertz CT molecular complexity index is 3250. The third-order valence-corrected chi connectivity index (χ3v) is 12.2. The topological polar surface area (TPSA) is 64.1 Å². The lowest BCUT2D eigenvalue weighted by molar-refractivity contribution is 0.591. The summed E-state index contributed by atoms with van der Waals surface area (Å²) in [6.07, 6.45) is 13.7. The molecule has 54 heavy (non-hydrogen) atoms. The predicted molar refractivity (Wildman–Crippen MR) is 223 cm³/mol. The maximum absolute atomic E-state index is 5.08. The minimum absolute atomic E-state index is 0.0278. The predicted octanol–water partition coefficient (Wildman–Crippen LogP) is 8.72. The molecule has 2 aliphatic rings. The van der Waals surface area contributed by atoms with Crippen molar-refractivity contribution >= 4 is 100 Å². The Labute approximate surface area is 312 Å². The van der Waals surface area contributed by atoms with E-state index in [2.05, 4.69) is 121 Å². The Hall–Kier alpha value is -6.28. The van der Waals surface area contributed by atoms with Crippen LogP contribution in [0.2, 0.25) is 0 Å². The van der Waals surface area contributed by atoms with Crippen LogP contribution in [-0.2, 0) is 10.8 Å². The molecule has 3 aromatic carbocycles. The molecule has 0 fully saturated rings. The van der Waals surface area contributed by atoms with Gasteiger partial charge in [0.15, 0.2) is 0 Å². The highest BCUT2D eigenvalue weighted by molar-refractivity contribution is 7.01. The molecule has 0 amide bonds. The van der Waals surface area contributed by atoms with Gasteiger partial charge in [0.05, 0.1) is 74.4 Å². The van der Waals surface area contributed by atoms with Crippen molar-refractivity contribution in [3.05, 3.63) is 121 Å². The Kier molecular flexibility index (Phi) is 5.50. The summed E-state index contributed by atoms with van der Waals surface area (Å²) in [5, 5.41) is 6.15. The van der Waals surface area contributed by atoms with E-state index in [1.807, 2.05) is 49.4 Å². The highest BCUT2D eigenvalue weighted by Crippen LogP contribution is 2.52. The number of hydrogen-bond donors (Lipinski definition) is 0. The van der Waals surface area contributed by atoms with E-state index in [0.717, 1.165) is 33.3 Å². The molecule has 8 heteroatoms. The maximum atomic E-state index is 5.08. The first-order valence-electron chi connectivity index (χ1n) is 18.8. The largest absolute Gasteiger partial charge is 0.308 e. The lowest BCUT2D eigenvalue weighted by atomic mass is 9.34. The van der Waals surface area contributed by atoms with Gasteiger partial charge in [-0.2, -0.15) is 0 Å². The average molecular weight is 698 g/mol. The first-order valence-corrected chi connectivity index (χ1v) is 18.8. The van der Waals surface area contributed by atoms with Crippen LogP contribution in [0.25, 0.3) is 65.7 Å². The quantitative estimate of drug-likeness (QED) is 0.161. The van der Waals surface area contributed by atoms with Crippen LogP contribution in [0, 0.1) is 0 Å². The minimum atomic E-state index is -0.0594. The molecule has 0 radical (unpaired) electrons. The molecular weight excluding hydrogens is 661 g/mol. The van der Waals surface area contributed by atoms with Gasteiger partial charge in [0.25, 0.3) is 6.71 Å². The second-order valence-corrected chi connectivity index (χ2v) is 17.2. The summed E-state index contributed by atoms with van der Waals surface area (Å²) in [6.45, 7) is 13.8. The van der Waals surface area contributed by atoms with E-state index < -0.39 is 0 Å². The summed E-state index contributed by atoms with van der Waals surface area (Å²) in [5.74, 6) is 0. The Morgan fingerprint density at radius 3 is 1.94 bits per heavy atom. The van der Waals surface area contributed by atoms with Gasteiger partial charge in [-0.1, -0.05) is 53.7 Å². The van der Waals surface area contributed by atoms with E-state index in [1.54, 1.807) is 0 Å². The molecule has 258 valence electrons. The number of aromatic nitrogens is 6. The van der Waals surface area contributed by atoms with Gasteiger partial charge >= 0.3 is 0 Å². The number of pyridine rings is 4. The molecule has 0 saturated carbocycles. The van der Waals surface area contributed by atoms with Gasteiger partial charge in [-0.25, -0.2) is 0 Å². The van der Waals surface area contributed by atoms with Crippen molar-refractivity contribution in [3.63, 3.8) is 0 Å². The Balaban J connectivity index is 1.43. The lowest BCUT2D eigenvalue weighted by Gasteiger charge is -2.40. The first-order chi connectivity index (χ1) is 26.1. The molecule has 2 aliphatic heterocycles. The Morgan fingerprint density at radius 2 is 1.24 bits per heavy atom. The van der Waals surface area contributed by atoms with Crippen LogP contribution in [-0.4, -0.2) is 35.6 Å². The lowest BCUT2D eigenvalue weighted by Crippen LogP contribution is -2.60. The van der Waals surface area contributed by atoms with Crippen molar-refractivity contribution in [1.82, 2.24) is 28.9 Å². The third kappa shape index (κ3) is 3.59. The van der Waals surface area contributed by atoms with Crippen molar-refractivity contribution in [3.8, 4) is 5.69 Å².